The first-order chi connectivity index (χ1) is 11.4. The van der Waals surface area contributed by atoms with Gasteiger partial charge in [0.05, 0.1) is 18.8 Å². The van der Waals surface area contributed by atoms with E-state index in [1.807, 2.05) is 0 Å². The summed E-state index contributed by atoms with van der Waals surface area (Å²) in [6.45, 7) is 5.51. The largest absolute Gasteiger partial charge is 0.480 e. The van der Waals surface area contributed by atoms with E-state index >= 15 is 0 Å². The molecule has 0 spiro atoms. The molecule has 144 valence electrons. The smallest absolute Gasteiger partial charge is 0.411 e. The highest BCUT2D eigenvalue weighted by Gasteiger charge is 2.40. The summed E-state index contributed by atoms with van der Waals surface area (Å²) >= 11 is 0. The lowest BCUT2D eigenvalue weighted by molar-refractivity contribution is -0.142. The van der Waals surface area contributed by atoms with Gasteiger partial charge in [-0.25, -0.2) is 9.59 Å². The number of amides is 1. The van der Waals surface area contributed by atoms with Crippen LogP contribution in [0.2, 0.25) is 0 Å². The van der Waals surface area contributed by atoms with Gasteiger partial charge >= 0.3 is 18.0 Å². The van der Waals surface area contributed by atoms with Crippen LogP contribution in [0.3, 0.4) is 0 Å². The number of carboxylic acid groups (broad SMARTS) is 2. The SMILES string of the molecule is CC(C)(C)OC(=O)N1C[C@H](O)C[C@H]1C(=O)O.O=C(O)[C@@H]1C[C@@H](O)CN1. The van der Waals surface area contributed by atoms with Crippen LogP contribution in [0.5, 0.6) is 0 Å². The van der Waals surface area contributed by atoms with E-state index in [0.717, 1.165) is 4.90 Å². The van der Waals surface area contributed by atoms with Crippen molar-refractivity contribution in [1.82, 2.24) is 10.2 Å². The van der Waals surface area contributed by atoms with Gasteiger partial charge in [0.15, 0.2) is 0 Å². The topological polar surface area (TPSA) is 157 Å². The third kappa shape index (κ3) is 6.85. The zero-order valence-electron chi connectivity index (χ0n) is 14.5. The summed E-state index contributed by atoms with van der Waals surface area (Å²) in [5.74, 6) is -2.01. The zero-order chi connectivity index (χ0) is 19.4. The van der Waals surface area contributed by atoms with E-state index in [2.05, 4.69) is 5.32 Å². The molecule has 2 heterocycles. The van der Waals surface area contributed by atoms with Gasteiger partial charge < -0.3 is 30.5 Å². The Morgan fingerprint density at radius 2 is 1.64 bits per heavy atom. The van der Waals surface area contributed by atoms with Crippen molar-refractivity contribution < 1.29 is 39.5 Å². The molecule has 10 nitrogen and oxygen atoms in total. The highest BCUT2D eigenvalue weighted by molar-refractivity contribution is 5.81. The Morgan fingerprint density at radius 1 is 1.04 bits per heavy atom. The number of carbonyl (C=O) groups is 3. The van der Waals surface area contributed by atoms with Gasteiger partial charge in [-0.15, -0.1) is 0 Å². The molecule has 0 aliphatic carbocycles. The highest BCUT2D eigenvalue weighted by atomic mass is 16.6. The molecule has 0 bridgehead atoms. The van der Waals surface area contributed by atoms with E-state index in [0.29, 0.717) is 13.0 Å². The van der Waals surface area contributed by atoms with E-state index in [1.165, 1.54) is 0 Å². The van der Waals surface area contributed by atoms with Gasteiger partial charge in [0.1, 0.15) is 17.7 Å². The van der Waals surface area contributed by atoms with Crippen molar-refractivity contribution in [3.05, 3.63) is 0 Å². The molecular weight excluding hydrogens is 336 g/mol. The maximum Gasteiger partial charge on any atom is 0.411 e. The second-order valence-electron chi connectivity index (χ2n) is 7.06. The molecule has 4 atom stereocenters. The monoisotopic (exact) mass is 362 g/mol. The Bertz CT molecular complexity index is 504. The van der Waals surface area contributed by atoms with Crippen LogP contribution in [-0.4, -0.2) is 86.3 Å². The maximum absolute atomic E-state index is 11.7. The van der Waals surface area contributed by atoms with Crippen LogP contribution in [0.25, 0.3) is 0 Å². The quantitative estimate of drug-likeness (QED) is 0.426. The number of hydrogen-bond donors (Lipinski definition) is 5. The molecule has 2 fully saturated rings. The molecule has 0 aromatic rings. The van der Waals surface area contributed by atoms with Crippen molar-refractivity contribution in [2.45, 2.75) is 63.5 Å². The van der Waals surface area contributed by atoms with Crippen LogP contribution in [-0.2, 0) is 14.3 Å². The van der Waals surface area contributed by atoms with Gasteiger partial charge in [-0.05, 0) is 20.8 Å². The molecule has 2 aliphatic heterocycles. The number of rotatable bonds is 2. The van der Waals surface area contributed by atoms with Gasteiger partial charge in [0, 0.05) is 19.4 Å². The van der Waals surface area contributed by atoms with E-state index in [-0.39, 0.29) is 13.0 Å². The number of ether oxygens (including phenoxy) is 1. The van der Waals surface area contributed by atoms with E-state index in [9.17, 15) is 19.5 Å². The number of carbonyl (C=O) groups excluding carboxylic acids is 1. The van der Waals surface area contributed by atoms with E-state index < -0.39 is 47.9 Å². The fourth-order valence-corrected chi connectivity index (χ4v) is 2.48. The molecule has 0 aromatic carbocycles. The molecule has 2 rings (SSSR count). The number of aliphatic carboxylic acids is 2. The first-order valence-corrected chi connectivity index (χ1v) is 7.95. The summed E-state index contributed by atoms with van der Waals surface area (Å²) in [7, 11) is 0. The molecule has 0 aromatic heterocycles. The molecule has 0 unspecified atom stereocenters. The standard InChI is InChI=1S/C10H17NO5.C5H9NO3/c1-10(2,3)16-9(15)11-5-6(12)4-7(11)8(13)14;7-3-1-4(5(8)9)6-2-3/h6-7,12H,4-5H2,1-3H3,(H,13,14);3-4,6-7H,1-2H2,(H,8,9)/t6-,7+;3-,4+/m11/s1. The average molecular weight is 362 g/mol. The normalized spacial score (nSPS) is 28.9. The molecule has 0 saturated carbocycles. The number of nitrogens with one attached hydrogen (secondary N) is 1. The van der Waals surface area contributed by atoms with Crippen LogP contribution < -0.4 is 5.32 Å². The zero-order valence-corrected chi connectivity index (χ0v) is 14.5. The number of β-amino-alcohol motifs (C(OH)–C–C–N with tert-alkyl or cyclic N) is 2. The fourth-order valence-electron chi connectivity index (χ4n) is 2.48. The number of hydrogen-bond acceptors (Lipinski definition) is 7. The first-order valence-electron chi connectivity index (χ1n) is 7.95. The van der Waals surface area contributed by atoms with Gasteiger partial charge in [-0.3, -0.25) is 9.69 Å². The van der Waals surface area contributed by atoms with Crippen molar-refractivity contribution in [2.75, 3.05) is 13.1 Å². The van der Waals surface area contributed by atoms with Crippen molar-refractivity contribution in [3.8, 4) is 0 Å². The second kappa shape index (κ2) is 8.45. The minimum atomic E-state index is -1.12. The summed E-state index contributed by atoms with van der Waals surface area (Å²) in [5, 5.41) is 38.1. The summed E-state index contributed by atoms with van der Waals surface area (Å²) in [4.78, 5) is 33.7. The van der Waals surface area contributed by atoms with Crippen LogP contribution >= 0.6 is 0 Å². The maximum atomic E-state index is 11.7. The van der Waals surface area contributed by atoms with Gasteiger partial charge in [0.25, 0.3) is 0 Å². The van der Waals surface area contributed by atoms with Crippen LogP contribution in [0.15, 0.2) is 0 Å². The lowest BCUT2D eigenvalue weighted by Crippen LogP contribution is -2.43. The van der Waals surface area contributed by atoms with Crippen LogP contribution in [0.4, 0.5) is 4.79 Å². The highest BCUT2D eigenvalue weighted by Crippen LogP contribution is 2.21. The summed E-state index contributed by atoms with van der Waals surface area (Å²) in [5.41, 5.74) is -0.673. The predicted octanol–water partition coefficient (Wildman–Crippen LogP) is -0.765. The van der Waals surface area contributed by atoms with Gasteiger partial charge in [-0.1, -0.05) is 0 Å². The number of aliphatic hydroxyl groups excluding tert-OH is 2. The lowest BCUT2D eigenvalue weighted by Gasteiger charge is -2.26. The molecular formula is C15H26N2O8. The minimum Gasteiger partial charge on any atom is -0.480 e. The second-order valence-corrected chi connectivity index (χ2v) is 7.06. The Kier molecular flexibility index (Phi) is 7.15. The molecule has 10 heteroatoms. The third-order valence-electron chi connectivity index (χ3n) is 3.60. The van der Waals surface area contributed by atoms with Crippen LogP contribution in [0, 0.1) is 0 Å². The van der Waals surface area contributed by atoms with Gasteiger partial charge in [0.2, 0.25) is 0 Å². The van der Waals surface area contributed by atoms with E-state index in [1.54, 1.807) is 20.8 Å². The van der Waals surface area contributed by atoms with E-state index in [4.69, 9.17) is 20.1 Å². The minimum absolute atomic E-state index is 0.00583. The number of aliphatic hydroxyl groups is 2. The Labute approximate surface area is 145 Å². The molecule has 2 aliphatic rings. The summed E-state index contributed by atoms with van der Waals surface area (Å²) < 4.78 is 5.06. The van der Waals surface area contributed by atoms with Crippen molar-refractivity contribution in [3.63, 3.8) is 0 Å². The molecule has 5 N–H and O–H groups in total. The molecule has 0 radical (unpaired) electrons. The predicted molar refractivity (Wildman–Crippen MR) is 85.0 cm³/mol. The molecule has 1 amide bonds. The average Bonchev–Trinajstić information content (AvgIpc) is 3.03. The fraction of sp³-hybridized carbons (Fsp3) is 0.800. The lowest BCUT2D eigenvalue weighted by atomic mass is 10.2. The third-order valence-corrected chi connectivity index (χ3v) is 3.60. The van der Waals surface area contributed by atoms with Crippen molar-refractivity contribution >= 4 is 18.0 Å². The van der Waals surface area contributed by atoms with Gasteiger partial charge in [-0.2, -0.15) is 0 Å². The van der Waals surface area contributed by atoms with Crippen LogP contribution in [0.1, 0.15) is 33.6 Å². The first kappa shape index (κ1) is 21.1. The Balaban J connectivity index is 0.000000293. The number of carboxylic acids is 2. The molecule has 2 saturated heterocycles. The number of likely N-dealkylation sites (tertiary alicyclic amines) is 1. The number of nitrogens with zero attached hydrogens (tertiary/aromatic N) is 1. The Hall–Kier alpha value is -1.91. The summed E-state index contributed by atoms with van der Waals surface area (Å²) in [6, 6.07) is -1.54. The van der Waals surface area contributed by atoms with Crippen molar-refractivity contribution in [1.29, 1.82) is 0 Å². The summed E-state index contributed by atoms with van der Waals surface area (Å²) in [6.07, 6.45) is -1.60. The Morgan fingerprint density at radius 3 is 2.00 bits per heavy atom. The van der Waals surface area contributed by atoms with Crippen molar-refractivity contribution in [2.24, 2.45) is 0 Å². The molecule has 25 heavy (non-hydrogen) atoms.